The zero-order chi connectivity index (χ0) is 27.3. The maximum Gasteiger partial charge on any atom is 0.408 e. The Hall–Kier alpha value is -2.75. The molecule has 0 fully saturated rings. The maximum absolute atomic E-state index is 14.0. The molecular formula is C26H41N3O6S. The Balaban J connectivity index is 3.44. The van der Waals surface area contributed by atoms with Crippen LogP contribution in [0.1, 0.15) is 64.1 Å². The second-order valence-corrected chi connectivity index (χ2v) is 10.4. The van der Waals surface area contributed by atoms with Gasteiger partial charge in [-0.05, 0) is 63.7 Å². The van der Waals surface area contributed by atoms with E-state index in [1.165, 1.54) is 12.0 Å². The number of hydrogen-bond acceptors (Lipinski definition) is 7. The normalized spacial score (nSPS) is 12.8. The van der Waals surface area contributed by atoms with Crippen molar-refractivity contribution in [3.05, 3.63) is 35.4 Å². The third kappa shape index (κ3) is 10.5. The summed E-state index contributed by atoms with van der Waals surface area (Å²) >= 11 is 1.55. The van der Waals surface area contributed by atoms with Crippen LogP contribution in [0.3, 0.4) is 0 Å². The van der Waals surface area contributed by atoms with E-state index in [9.17, 15) is 19.2 Å². The van der Waals surface area contributed by atoms with Gasteiger partial charge in [-0.25, -0.2) is 4.79 Å². The first-order chi connectivity index (χ1) is 16.9. The van der Waals surface area contributed by atoms with Crippen LogP contribution in [0.2, 0.25) is 0 Å². The van der Waals surface area contributed by atoms with Gasteiger partial charge in [-0.15, -0.1) is 0 Å². The van der Waals surface area contributed by atoms with Crippen molar-refractivity contribution in [2.45, 2.75) is 71.6 Å². The molecule has 1 aromatic carbocycles. The van der Waals surface area contributed by atoms with Gasteiger partial charge in [-0.3, -0.25) is 14.4 Å². The molecule has 2 unspecified atom stereocenters. The molecule has 2 N–H and O–H groups in total. The Morgan fingerprint density at radius 2 is 1.81 bits per heavy atom. The molecule has 0 aliphatic rings. The quantitative estimate of drug-likeness (QED) is 0.380. The molecule has 10 heteroatoms. The van der Waals surface area contributed by atoms with E-state index in [1.807, 2.05) is 32.2 Å². The average Bonchev–Trinajstić information content (AvgIpc) is 2.81. The molecule has 1 aromatic rings. The van der Waals surface area contributed by atoms with Crippen LogP contribution in [0.4, 0.5) is 4.79 Å². The monoisotopic (exact) mass is 523 g/mol. The third-order valence-electron chi connectivity index (χ3n) is 5.31. The van der Waals surface area contributed by atoms with Crippen LogP contribution in [-0.4, -0.2) is 72.6 Å². The van der Waals surface area contributed by atoms with Gasteiger partial charge < -0.3 is 25.0 Å². The van der Waals surface area contributed by atoms with Crippen LogP contribution in [0.25, 0.3) is 0 Å². The van der Waals surface area contributed by atoms with Gasteiger partial charge >= 0.3 is 12.1 Å². The second-order valence-electron chi connectivity index (χ2n) is 9.42. The number of rotatable bonds is 13. The van der Waals surface area contributed by atoms with E-state index in [1.54, 1.807) is 44.7 Å². The standard InChI is InChI=1S/C26H41N3O6S/c1-8-9-15-29(24(32)20(14-16-36-7)28-25(33)35-26(3,4)5)22(19-13-11-10-12-18(19)2)23(31)27-17-21(30)34-6/h10-13,20,22H,8-9,14-17H2,1-7H3,(H,27,31)(H,28,33). The first-order valence-corrected chi connectivity index (χ1v) is 13.5. The minimum Gasteiger partial charge on any atom is -0.468 e. The Labute approximate surface area is 219 Å². The van der Waals surface area contributed by atoms with E-state index in [2.05, 4.69) is 15.4 Å². The van der Waals surface area contributed by atoms with Gasteiger partial charge in [0.2, 0.25) is 11.8 Å². The number of ether oxygens (including phenoxy) is 2. The van der Waals surface area contributed by atoms with Crippen molar-refractivity contribution in [3.63, 3.8) is 0 Å². The zero-order valence-electron chi connectivity index (χ0n) is 22.5. The van der Waals surface area contributed by atoms with Crippen molar-refractivity contribution in [3.8, 4) is 0 Å². The van der Waals surface area contributed by atoms with E-state index in [4.69, 9.17) is 4.74 Å². The summed E-state index contributed by atoms with van der Waals surface area (Å²) in [5.74, 6) is -0.857. The summed E-state index contributed by atoms with van der Waals surface area (Å²) in [5, 5.41) is 5.31. The molecule has 0 spiro atoms. The highest BCUT2D eigenvalue weighted by Gasteiger charge is 2.36. The molecule has 3 amide bonds. The third-order valence-corrected chi connectivity index (χ3v) is 5.96. The molecule has 0 aliphatic heterocycles. The Morgan fingerprint density at radius 3 is 2.36 bits per heavy atom. The molecule has 1 rings (SSSR count). The van der Waals surface area contributed by atoms with Crippen molar-refractivity contribution >= 4 is 35.6 Å². The van der Waals surface area contributed by atoms with Gasteiger partial charge in [0.25, 0.3) is 0 Å². The van der Waals surface area contributed by atoms with Crippen LogP contribution in [-0.2, 0) is 23.9 Å². The molecule has 0 saturated carbocycles. The van der Waals surface area contributed by atoms with Crippen LogP contribution in [0.15, 0.2) is 24.3 Å². The smallest absolute Gasteiger partial charge is 0.408 e. The number of thioether (sulfide) groups is 1. The molecule has 9 nitrogen and oxygen atoms in total. The van der Waals surface area contributed by atoms with Crippen molar-refractivity contribution < 1.29 is 28.7 Å². The van der Waals surface area contributed by atoms with E-state index >= 15 is 0 Å². The molecule has 0 heterocycles. The van der Waals surface area contributed by atoms with Crippen LogP contribution < -0.4 is 10.6 Å². The topological polar surface area (TPSA) is 114 Å². The lowest BCUT2D eigenvalue weighted by atomic mass is 9.97. The minimum absolute atomic E-state index is 0.297. The van der Waals surface area contributed by atoms with Crippen LogP contribution >= 0.6 is 11.8 Å². The summed E-state index contributed by atoms with van der Waals surface area (Å²) in [6, 6.07) is 5.43. The number of carbonyl (C=O) groups excluding carboxylic acids is 4. The first-order valence-electron chi connectivity index (χ1n) is 12.1. The van der Waals surface area contributed by atoms with Crippen molar-refractivity contribution in [1.82, 2.24) is 15.5 Å². The molecule has 0 aromatic heterocycles. The molecular weight excluding hydrogens is 482 g/mol. The number of benzene rings is 1. The van der Waals surface area contributed by atoms with E-state index in [0.29, 0.717) is 30.7 Å². The molecule has 36 heavy (non-hydrogen) atoms. The lowest BCUT2D eigenvalue weighted by molar-refractivity contribution is -0.144. The van der Waals surface area contributed by atoms with E-state index in [0.717, 1.165) is 12.0 Å². The summed E-state index contributed by atoms with van der Waals surface area (Å²) in [4.78, 5) is 53.2. The maximum atomic E-state index is 14.0. The van der Waals surface area contributed by atoms with Gasteiger partial charge in [0.1, 0.15) is 24.2 Å². The summed E-state index contributed by atoms with van der Waals surface area (Å²) in [7, 11) is 1.24. The molecule has 0 aliphatic carbocycles. The Bertz CT molecular complexity index is 887. The lowest BCUT2D eigenvalue weighted by Gasteiger charge is -2.35. The second kappa shape index (κ2) is 15.4. The largest absolute Gasteiger partial charge is 0.468 e. The lowest BCUT2D eigenvalue weighted by Crippen LogP contribution is -2.53. The Morgan fingerprint density at radius 1 is 1.14 bits per heavy atom. The number of esters is 1. The van der Waals surface area contributed by atoms with Crippen molar-refractivity contribution in [1.29, 1.82) is 0 Å². The summed E-state index contributed by atoms with van der Waals surface area (Å²) in [5.41, 5.74) is 0.743. The number of aryl methyl sites for hydroxylation is 1. The minimum atomic E-state index is -0.993. The number of hydrogen-bond donors (Lipinski definition) is 2. The van der Waals surface area contributed by atoms with Crippen LogP contribution in [0, 0.1) is 6.92 Å². The van der Waals surface area contributed by atoms with Gasteiger partial charge in [0, 0.05) is 6.54 Å². The highest BCUT2D eigenvalue weighted by molar-refractivity contribution is 7.98. The highest BCUT2D eigenvalue weighted by Crippen LogP contribution is 2.26. The van der Waals surface area contributed by atoms with Crippen LogP contribution in [0.5, 0.6) is 0 Å². The summed E-state index contributed by atoms with van der Waals surface area (Å²) < 4.78 is 10.0. The number of alkyl carbamates (subject to hydrolysis) is 1. The average molecular weight is 524 g/mol. The summed E-state index contributed by atoms with van der Waals surface area (Å²) in [6.07, 6.45) is 3.04. The SMILES string of the molecule is CCCCN(C(=O)C(CCSC)NC(=O)OC(C)(C)C)C(C(=O)NCC(=O)OC)c1ccccc1C. The van der Waals surface area contributed by atoms with Gasteiger partial charge in [0.05, 0.1) is 7.11 Å². The molecule has 0 bridgehead atoms. The van der Waals surface area contributed by atoms with Crippen molar-refractivity contribution in [2.75, 3.05) is 32.2 Å². The predicted molar refractivity (Wildman–Crippen MR) is 142 cm³/mol. The summed E-state index contributed by atoms with van der Waals surface area (Å²) in [6.45, 7) is 9.08. The van der Waals surface area contributed by atoms with Crippen molar-refractivity contribution in [2.24, 2.45) is 0 Å². The van der Waals surface area contributed by atoms with Gasteiger partial charge in [-0.2, -0.15) is 11.8 Å². The number of carbonyl (C=O) groups is 4. The van der Waals surface area contributed by atoms with E-state index < -0.39 is 35.7 Å². The highest BCUT2D eigenvalue weighted by atomic mass is 32.2. The zero-order valence-corrected chi connectivity index (χ0v) is 23.3. The number of nitrogens with zero attached hydrogens (tertiary/aromatic N) is 1. The fourth-order valence-electron chi connectivity index (χ4n) is 3.51. The first kappa shape index (κ1) is 31.3. The number of amides is 3. The number of nitrogens with one attached hydrogen (secondary N) is 2. The molecule has 0 saturated heterocycles. The number of methoxy groups -OCH3 is 1. The van der Waals surface area contributed by atoms with E-state index in [-0.39, 0.29) is 12.5 Å². The van der Waals surface area contributed by atoms with Gasteiger partial charge in [0.15, 0.2) is 0 Å². The predicted octanol–water partition coefficient (Wildman–Crippen LogP) is 3.60. The molecule has 2 atom stereocenters. The van der Waals surface area contributed by atoms with Gasteiger partial charge in [-0.1, -0.05) is 37.6 Å². The fraction of sp³-hybridized carbons (Fsp3) is 0.615. The fourth-order valence-corrected chi connectivity index (χ4v) is 3.98. The molecule has 0 radical (unpaired) electrons. The Kier molecular flexibility index (Phi) is 13.4. The number of unbranched alkanes of at least 4 members (excludes halogenated alkanes) is 1. The molecule has 202 valence electrons.